The molecule has 7 nitrogen and oxygen atoms in total. The van der Waals surface area contributed by atoms with Gasteiger partial charge in [-0.2, -0.15) is 0 Å². The number of allylic oxidation sites excluding steroid dienone is 2. The van der Waals surface area contributed by atoms with Crippen molar-refractivity contribution in [1.29, 1.82) is 0 Å². The number of likely N-dealkylation sites (tertiary alicyclic amines) is 1. The van der Waals surface area contributed by atoms with Crippen molar-refractivity contribution in [2.75, 3.05) is 19.6 Å². The molecule has 0 radical (unpaired) electrons. The number of fused-ring (bicyclic) bond motifs is 2. The summed E-state index contributed by atoms with van der Waals surface area (Å²) >= 11 is 0. The average Bonchev–Trinajstić information content (AvgIpc) is 3.20. The van der Waals surface area contributed by atoms with Crippen LogP contribution in [0, 0.1) is 11.8 Å². The van der Waals surface area contributed by atoms with Gasteiger partial charge in [0.1, 0.15) is 0 Å². The van der Waals surface area contributed by atoms with Crippen molar-refractivity contribution in [1.82, 2.24) is 24.4 Å². The first-order valence-corrected chi connectivity index (χ1v) is 8.94. The average molecular weight is 341 g/mol. The van der Waals surface area contributed by atoms with Crippen molar-refractivity contribution in [2.45, 2.75) is 25.8 Å². The Labute approximate surface area is 145 Å². The molecule has 0 spiro atoms. The molecule has 2 aliphatic rings. The minimum absolute atomic E-state index is 0.0109. The van der Waals surface area contributed by atoms with Gasteiger partial charge in [-0.25, -0.2) is 14.3 Å². The summed E-state index contributed by atoms with van der Waals surface area (Å²) in [5.41, 5.74) is 0.503. The van der Waals surface area contributed by atoms with E-state index < -0.39 is 0 Å². The van der Waals surface area contributed by atoms with Crippen LogP contribution in [0.15, 0.2) is 41.3 Å². The van der Waals surface area contributed by atoms with Gasteiger partial charge < -0.3 is 10.2 Å². The monoisotopic (exact) mass is 341 g/mol. The number of urea groups is 1. The number of pyridine rings is 1. The van der Waals surface area contributed by atoms with Gasteiger partial charge in [-0.1, -0.05) is 18.2 Å². The number of amides is 2. The van der Waals surface area contributed by atoms with Gasteiger partial charge in [0.05, 0.1) is 0 Å². The zero-order valence-electron chi connectivity index (χ0n) is 14.2. The molecule has 3 heterocycles. The molecule has 1 aliphatic heterocycles. The molecule has 1 fully saturated rings. The number of hydrogen-bond acceptors (Lipinski definition) is 3. The predicted octanol–water partition coefficient (Wildman–Crippen LogP) is 1.49. The highest BCUT2D eigenvalue weighted by Crippen LogP contribution is 2.32. The van der Waals surface area contributed by atoms with Crippen LogP contribution in [0.3, 0.4) is 0 Å². The first-order valence-electron chi connectivity index (χ1n) is 8.94. The summed E-state index contributed by atoms with van der Waals surface area (Å²) in [7, 11) is 0. The van der Waals surface area contributed by atoms with Crippen molar-refractivity contribution in [3.05, 3.63) is 47.0 Å². The van der Waals surface area contributed by atoms with E-state index in [1.54, 1.807) is 12.3 Å². The van der Waals surface area contributed by atoms with Crippen molar-refractivity contribution < 1.29 is 4.79 Å². The number of nitrogens with one attached hydrogen (secondary N) is 1. The molecule has 2 aromatic heterocycles. The second kappa shape index (κ2) is 6.74. The lowest BCUT2D eigenvalue weighted by Gasteiger charge is -2.17. The molecular formula is C18H23N5O2. The summed E-state index contributed by atoms with van der Waals surface area (Å²) in [5.74, 6) is 1.24. The van der Waals surface area contributed by atoms with E-state index >= 15 is 0 Å². The van der Waals surface area contributed by atoms with Crippen molar-refractivity contribution in [2.24, 2.45) is 11.8 Å². The van der Waals surface area contributed by atoms with Crippen LogP contribution in [0.4, 0.5) is 4.79 Å². The molecule has 0 unspecified atom stereocenters. The molecule has 7 heteroatoms. The van der Waals surface area contributed by atoms with E-state index in [9.17, 15) is 9.59 Å². The number of aromatic nitrogens is 3. The molecule has 25 heavy (non-hydrogen) atoms. The van der Waals surface area contributed by atoms with E-state index in [-0.39, 0.29) is 11.7 Å². The van der Waals surface area contributed by atoms with Crippen molar-refractivity contribution >= 4 is 11.7 Å². The normalized spacial score (nSPS) is 22.3. The zero-order chi connectivity index (χ0) is 17.2. The van der Waals surface area contributed by atoms with E-state index in [1.807, 2.05) is 17.0 Å². The largest absolute Gasteiger partial charge is 0.350 e. The van der Waals surface area contributed by atoms with Crippen molar-refractivity contribution in [3.8, 4) is 0 Å². The molecule has 0 saturated carbocycles. The van der Waals surface area contributed by atoms with Crippen LogP contribution in [0.25, 0.3) is 5.65 Å². The maximum atomic E-state index is 12.3. The summed E-state index contributed by atoms with van der Waals surface area (Å²) in [6.45, 7) is 2.75. The molecule has 2 aromatic rings. The summed E-state index contributed by atoms with van der Waals surface area (Å²) in [6, 6.07) is 5.48. The Morgan fingerprint density at radius 2 is 1.96 bits per heavy atom. The fraction of sp³-hybridized carbons (Fsp3) is 0.500. The smallest absolute Gasteiger partial charge is 0.338 e. The van der Waals surface area contributed by atoms with E-state index in [2.05, 4.69) is 22.6 Å². The molecule has 0 aromatic carbocycles. The van der Waals surface area contributed by atoms with Crippen LogP contribution in [0.2, 0.25) is 0 Å². The molecule has 0 bridgehead atoms. The van der Waals surface area contributed by atoms with Gasteiger partial charge in [0.2, 0.25) is 0 Å². The number of nitrogens with zero attached hydrogens (tertiary/aromatic N) is 4. The molecule has 2 amide bonds. The summed E-state index contributed by atoms with van der Waals surface area (Å²) in [5, 5.41) is 7.27. The summed E-state index contributed by atoms with van der Waals surface area (Å²) < 4.78 is 2.98. The summed E-state index contributed by atoms with van der Waals surface area (Å²) in [6.07, 6.45) is 9.03. The highest BCUT2D eigenvalue weighted by atomic mass is 16.2. The van der Waals surface area contributed by atoms with Crippen LogP contribution in [-0.4, -0.2) is 44.7 Å². The predicted molar refractivity (Wildman–Crippen MR) is 94.4 cm³/mol. The lowest BCUT2D eigenvalue weighted by molar-refractivity contribution is 0.206. The fourth-order valence-electron chi connectivity index (χ4n) is 3.83. The lowest BCUT2D eigenvalue weighted by Crippen LogP contribution is -2.39. The Kier molecular flexibility index (Phi) is 4.29. The standard InChI is InChI=1S/C18H23N5O2/c24-17(21-12-14-6-1-2-7-15(14)13-21)19-9-5-11-23-18(25)22-10-4-3-8-16(22)20-23/h1-4,8,10,14-15H,5-7,9,11-13H2,(H,19,24)/t14-,15-/m1/s1. The van der Waals surface area contributed by atoms with E-state index in [0.29, 0.717) is 37.0 Å². The van der Waals surface area contributed by atoms with Gasteiger partial charge in [0, 0.05) is 32.4 Å². The number of rotatable bonds is 4. The number of carbonyl (C=O) groups excluding carboxylic acids is 1. The third-order valence-corrected chi connectivity index (χ3v) is 5.22. The molecule has 1 aliphatic carbocycles. The molecule has 132 valence electrons. The van der Waals surface area contributed by atoms with Gasteiger partial charge in [-0.15, -0.1) is 5.10 Å². The maximum absolute atomic E-state index is 12.3. The van der Waals surface area contributed by atoms with Gasteiger partial charge in [0.15, 0.2) is 5.65 Å². The SMILES string of the molecule is O=C(NCCCn1nc2ccccn2c1=O)N1C[C@H]2CC=CC[C@@H]2C1. The number of hydrogen-bond donors (Lipinski definition) is 1. The van der Waals surface area contributed by atoms with Gasteiger partial charge in [-0.05, 0) is 43.2 Å². The highest BCUT2D eigenvalue weighted by Gasteiger charge is 2.34. The van der Waals surface area contributed by atoms with E-state index in [1.165, 1.54) is 9.08 Å². The van der Waals surface area contributed by atoms with Crippen LogP contribution in [0.5, 0.6) is 0 Å². The highest BCUT2D eigenvalue weighted by molar-refractivity contribution is 5.74. The van der Waals surface area contributed by atoms with Gasteiger partial charge in [0.25, 0.3) is 0 Å². The Morgan fingerprint density at radius 3 is 2.68 bits per heavy atom. The Balaban J connectivity index is 1.26. The van der Waals surface area contributed by atoms with Crippen LogP contribution in [-0.2, 0) is 6.54 Å². The minimum Gasteiger partial charge on any atom is -0.338 e. The van der Waals surface area contributed by atoms with E-state index in [4.69, 9.17) is 0 Å². The molecule has 2 atom stereocenters. The first-order chi connectivity index (χ1) is 12.2. The maximum Gasteiger partial charge on any atom is 0.350 e. The molecular weight excluding hydrogens is 318 g/mol. The van der Waals surface area contributed by atoms with Crippen LogP contribution < -0.4 is 11.0 Å². The van der Waals surface area contributed by atoms with Crippen LogP contribution in [0.1, 0.15) is 19.3 Å². The molecule has 4 rings (SSSR count). The van der Waals surface area contributed by atoms with Crippen LogP contribution >= 0.6 is 0 Å². The zero-order valence-corrected chi connectivity index (χ0v) is 14.2. The second-order valence-electron chi connectivity index (χ2n) is 6.89. The Hall–Kier alpha value is -2.57. The lowest BCUT2D eigenvalue weighted by atomic mass is 9.86. The van der Waals surface area contributed by atoms with Gasteiger partial charge in [-0.3, -0.25) is 4.40 Å². The Morgan fingerprint density at radius 1 is 1.20 bits per heavy atom. The first kappa shape index (κ1) is 15.9. The third-order valence-electron chi connectivity index (χ3n) is 5.22. The Bertz CT molecular complexity index is 837. The summed E-state index contributed by atoms with van der Waals surface area (Å²) in [4.78, 5) is 26.4. The molecule has 1 N–H and O–H groups in total. The van der Waals surface area contributed by atoms with E-state index in [0.717, 1.165) is 25.9 Å². The number of carbonyl (C=O) groups is 1. The fourth-order valence-corrected chi connectivity index (χ4v) is 3.83. The molecule has 1 saturated heterocycles. The number of aryl methyl sites for hydroxylation is 1. The third kappa shape index (κ3) is 3.18. The minimum atomic E-state index is -0.141. The second-order valence-corrected chi connectivity index (χ2v) is 6.89. The topological polar surface area (TPSA) is 71.6 Å². The quantitative estimate of drug-likeness (QED) is 0.676. The van der Waals surface area contributed by atoms with Gasteiger partial charge >= 0.3 is 11.7 Å². The van der Waals surface area contributed by atoms with Crippen molar-refractivity contribution in [3.63, 3.8) is 0 Å².